The number of aryl methyl sites for hydroxylation is 3. The van der Waals surface area contributed by atoms with Crippen molar-refractivity contribution in [3.05, 3.63) is 52.7 Å². The number of aromatic nitrogens is 1. The first kappa shape index (κ1) is 16.7. The van der Waals surface area contributed by atoms with Gasteiger partial charge in [-0.15, -0.1) is 0 Å². The van der Waals surface area contributed by atoms with Crippen LogP contribution in [-0.4, -0.2) is 28.9 Å². The van der Waals surface area contributed by atoms with Crippen LogP contribution in [0.15, 0.2) is 28.8 Å². The zero-order valence-corrected chi connectivity index (χ0v) is 14.5. The Bertz CT molecular complexity index is 723. The van der Waals surface area contributed by atoms with Crippen molar-refractivity contribution in [1.29, 1.82) is 0 Å². The Balaban J connectivity index is 1.59. The molecule has 5 nitrogen and oxygen atoms in total. The first-order valence-corrected chi connectivity index (χ1v) is 8.40. The van der Waals surface area contributed by atoms with Gasteiger partial charge >= 0.3 is 0 Å². The normalized spacial score (nSPS) is 17.5. The number of carbonyl (C=O) groups is 1. The lowest BCUT2D eigenvalue weighted by Crippen LogP contribution is -2.33. The molecule has 1 aromatic carbocycles. The Morgan fingerprint density at radius 2 is 2.17 bits per heavy atom. The molecule has 2 aromatic rings. The van der Waals surface area contributed by atoms with E-state index in [1.54, 1.807) is 6.20 Å². The fourth-order valence-electron chi connectivity index (χ4n) is 3.16. The van der Waals surface area contributed by atoms with E-state index in [-0.39, 0.29) is 25.2 Å². The maximum absolute atomic E-state index is 12.5. The van der Waals surface area contributed by atoms with Crippen LogP contribution in [-0.2, 0) is 16.1 Å². The zero-order valence-electron chi connectivity index (χ0n) is 14.5. The topological polar surface area (TPSA) is 55.6 Å². The second-order valence-electron chi connectivity index (χ2n) is 6.45. The minimum atomic E-state index is 0.0269. The van der Waals surface area contributed by atoms with E-state index in [2.05, 4.69) is 37.0 Å². The molecule has 3 rings (SSSR count). The van der Waals surface area contributed by atoms with Gasteiger partial charge in [0.25, 0.3) is 0 Å². The van der Waals surface area contributed by atoms with E-state index in [0.29, 0.717) is 5.89 Å². The molecule has 0 saturated carbocycles. The van der Waals surface area contributed by atoms with Gasteiger partial charge in [0.2, 0.25) is 11.8 Å². The number of hydrogen-bond donors (Lipinski definition) is 0. The number of amides is 1. The summed E-state index contributed by atoms with van der Waals surface area (Å²) in [4.78, 5) is 18.5. The summed E-state index contributed by atoms with van der Waals surface area (Å²) in [6, 6.07) is 6.62. The molecule has 1 fully saturated rings. The van der Waals surface area contributed by atoms with Gasteiger partial charge in [-0.1, -0.05) is 18.2 Å². The lowest BCUT2D eigenvalue weighted by molar-refractivity contribution is -0.137. The van der Waals surface area contributed by atoms with Gasteiger partial charge in [-0.2, -0.15) is 0 Å². The van der Waals surface area contributed by atoms with Crippen LogP contribution in [0.3, 0.4) is 0 Å². The van der Waals surface area contributed by atoms with Gasteiger partial charge in [0, 0.05) is 6.54 Å². The predicted molar refractivity (Wildman–Crippen MR) is 90.5 cm³/mol. The number of oxazole rings is 1. The molecule has 1 aliphatic rings. The monoisotopic (exact) mass is 328 g/mol. The van der Waals surface area contributed by atoms with Crippen LogP contribution in [0.4, 0.5) is 0 Å². The Hall–Kier alpha value is -2.14. The maximum Gasteiger partial charge on any atom is 0.249 e. The molecule has 1 aliphatic heterocycles. The van der Waals surface area contributed by atoms with Crippen molar-refractivity contribution in [2.24, 2.45) is 0 Å². The van der Waals surface area contributed by atoms with Crippen molar-refractivity contribution in [2.45, 2.75) is 46.3 Å². The van der Waals surface area contributed by atoms with E-state index < -0.39 is 0 Å². The highest BCUT2D eigenvalue weighted by molar-refractivity contribution is 5.78. The number of carbonyl (C=O) groups excluding carboxylic acids is 1. The number of rotatable bonds is 5. The van der Waals surface area contributed by atoms with E-state index in [1.165, 1.54) is 16.7 Å². The molecule has 0 spiro atoms. The second-order valence-corrected chi connectivity index (χ2v) is 6.45. The first-order chi connectivity index (χ1) is 11.5. The molecule has 128 valence electrons. The summed E-state index contributed by atoms with van der Waals surface area (Å²) in [5.74, 6) is 1.28. The van der Waals surface area contributed by atoms with Crippen LogP contribution < -0.4 is 0 Å². The fraction of sp³-hybridized carbons (Fsp3) is 0.474. The standard InChI is InChI=1S/C19H24N2O3/c1-13-6-7-16(9-14(13)2)17-5-4-8-21(17)19(22)12-23-11-18-20-10-15(3)24-18/h6-7,9-10,17H,4-5,8,11-12H2,1-3H3. The highest BCUT2D eigenvalue weighted by Crippen LogP contribution is 2.32. The number of ether oxygens (including phenoxy) is 1. The van der Waals surface area contributed by atoms with Gasteiger partial charge in [0.1, 0.15) is 19.0 Å². The molecule has 24 heavy (non-hydrogen) atoms. The zero-order chi connectivity index (χ0) is 17.1. The summed E-state index contributed by atoms with van der Waals surface area (Å²) in [7, 11) is 0. The highest BCUT2D eigenvalue weighted by atomic mass is 16.5. The Kier molecular flexibility index (Phi) is 5.00. The van der Waals surface area contributed by atoms with Gasteiger partial charge in [-0.05, 0) is 50.3 Å². The van der Waals surface area contributed by atoms with Crippen molar-refractivity contribution >= 4 is 5.91 Å². The maximum atomic E-state index is 12.5. The van der Waals surface area contributed by atoms with Gasteiger partial charge in [0.05, 0.1) is 12.2 Å². The number of nitrogens with zero attached hydrogens (tertiary/aromatic N) is 2. The molecule has 1 atom stereocenters. The van der Waals surface area contributed by atoms with Crippen molar-refractivity contribution in [1.82, 2.24) is 9.88 Å². The molecule has 5 heteroatoms. The molecule has 1 amide bonds. The number of likely N-dealkylation sites (tertiary alicyclic amines) is 1. The van der Waals surface area contributed by atoms with Gasteiger partial charge in [-0.3, -0.25) is 4.79 Å². The minimum Gasteiger partial charge on any atom is -0.443 e. The van der Waals surface area contributed by atoms with Gasteiger partial charge in [-0.25, -0.2) is 4.98 Å². The van der Waals surface area contributed by atoms with Crippen LogP contribution >= 0.6 is 0 Å². The smallest absolute Gasteiger partial charge is 0.249 e. The van der Waals surface area contributed by atoms with Crippen LogP contribution in [0.1, 0.15) is 47.2 Å². The quantitative estimate of drug-likeness (QED) is 0.843. The van der Waals surface area contributed by atoms with Crippen molar-refractivity contribution in [2.75, 3.05) is 13.2 Å². The van der Waals surface area contributed by atoms with Crippen LogP contribution in [0, 0.1) is 20.8 Å². The molecule has 2 heterocycles. The van der Waals surface area contributed by atoms with E-state index in [0.717, 1.165) is 25.1 Å². The lowest BCUT2D eigenvalue weighted by Gasteiger charge is -2.25. The molecule has 1 unspecified atom stereocenters. The third-order valence-electron chi connectivity index (χ3n) is 4.61. The third kappa shape index (κ3) is 3.67. The van der Waals surface area contributed by atoms with E-state index in [1.807, 2.05) is 11.8 Å². The molecule has 0 bridgehead atoms. The van der Waals surface area contributed by atoms with Crippen molar-refractivity contribution in [3.63, 3.8) is 0 Å². The molecule has 1 saturated heterocycles. The summed E-state index contributed by atoms with van der Waals surface area (Å²) in [5, 5.41) is 0. The van der Waals surface area contributed by atoms with Gasteiger partial charge in [0.15, 0.2) is 0 Å². The lowest BCUT2D eigenvalue weighted by atomic mass is 9.99. The molecular formula is C19H24N2O3. The van der Waals surface area contributed by atoms with Crippen LogP contribution in [0.25, 0.3) is 0 Å². The Morgan fingerprint density at radius 1 is 1.33 bits per heavy atom. The number of hydrogen-bond acceptors (Lipinski definition) is 4. The average Bonchev–Trinajstić information content (AvgIpc) is 3.19. The molecule has 0 N–H and O–H groups in total. The van der Waals surface area contributed by atoms with Crippen LogP contribution in [0.2, 0.25) is 0 Å². The van der Waals surface area contributed by atoms with Crippen molar-refractivity contribution < 1.29 is 13.9 Å². The van der Waals surface area contributed by atoms with Crippen LogP contribution in [0.5, 0.6) is 0 Å². The Labute approximate surface area is 142 Å². The highest BCUT2D eigenvalue weighted by Gasteiger charge is 2.30. The van der Waals surface area contributed by atoms with Crippen molar-refractivity contribution in [3.8, 4) is 0 Å². The first-order valence-electron chi connectivity index (χ1n) is 8.40. The molecular weight excluding hydrogens is 304 g/mol. The third-order valence-corrected chi connectivity index (χ3v) is 4.61. The van der Waals surface area contributed by atoms with E-state index in [9.17, 15) is 4.79 Å². The Morgan fingerprint density at radius 3 is 2.88 bits per heavy atom. The fourth-order valence-corrected chi connectivity index (χ4v) is 3.16. The molecule has 1 aromatic heterocycles. The molecule has 0 aliphatic carbocycles. The summed E-state index contributed by atoms with van der Waals surface area (Å²) in [6.45, 7) is 7.12. The minimum absolute atomic E-state index is 0.0269. The van der Waals surface area contributed by atoms with E-state index in [4.69, 9.17) is 9.15 Å². The summed E-state index contributed by atoms with van der Waals surface area (Å²) < 4.78 is 10.8. The summed E-state index contributed by atoms with van der Waals surface area (Å²) >= 11 is 0. The second kappa shape index (κ2) is 7.18. The average molecular weight is 328 g/mol. The summed E-state index contributed by atoms with van der Waals surface area (Å²) in [6.07, 6.45) is 3.69. The number of benzene rings is 1. The summed E-state index contributed by atoms with van der Waals surface area (Å²) in [5.41, 5.74) is 3.76. The predicted octanol–water partition coefficient (Wildman–Crippen LogP) is 3.48. The SMILES string of the molecule is Cc1cnc(COCC(=O)N2CCCC2c2ccc(C)c(C)c2)o1. The molecule has 0 radical (unpaired) electrons. The van der Waals surface area contributed by atoms with E-state index >= 15 is 0 Å². The van der Waals surface area contributed by atoms with Gasteiger partial charge < -0.3 is 14.1 Å². The largest absolute Gasteiger partial charge is 0.443 e.